The minimum Gasteiger partial charge on any atom is -0.464 e. The average molecular weight is 185 g/mol. The van der Waals surface area contributed by atoms with Gasteiger partial charge in [0.25, 0.3) is 0 Å². The van der Waals surface area contributed by atoms with Gasteiger partial charge in [0, 0.05) is 6.54 Å². The first-order chi connectivity index (χ1) is 6.25. The molecule has 0 radical (unpaired) electrons. The van der Waals surface area contributed by atoms with E-state index in [1.54, 1.807) is 0 Å². The van der Waals surface area contributed by atoms with Crippen LogP contribution in [-0.2, 0) is 9.53 Å². The topological polar surface area (TPSA) is 49.8 Å². The van der Waals surface area contributed by atoms with Gasteiger partial charge in [-0.3, -0.25) is 9.69 Å². The summed E-state index contributed by atoms with van der Waals surface area (Å²) < 4.78 is 4.89. The maximum absolute atomic E-state index is 10.9. The molecule has 4 nitrogen and oxygen atoms in total. The van der Waals surface area contributed by atoms with E-state index in [2.05, 4.69) is 4.90 Å². The number of ether oxygens (including phenoxy) is 1. The van der Waals surface area contributed by atoms with Crippen LogP contribution in [0.5, 0.6) is 0 Å². The number of nitrogens with zero attached hydrogens (tertiary/aromatic N) is 1. The lowest BCUT2D eigenvalue weighted by Crippen LogP contribution is -2.44. The van der Waals surface area contributed by atoms with Crippen LogP contribution >= 0.6 is 0 Å². The molecule has 2 heterocycles. The third-order valence-electron chi connectivity index (χ3n) is 2.78. The molecule has 0 spiro atoms. The Balaban J connectivity index is 1.89. The van der Waals surface area contributed by atoms with Gasteiger partial charge >= 0.3 is 5.97 Å². The van der Waals surface area contributed by atoms with Crippen molar-refractivity contribution >= 4 is 5.97 Å². The number of likely N-dealkylation sites (tertiary alicyclic amines) is 1. The van der Waals surface area contributed by atoms with Crippen molar-refractivity contribution < 1.29 is 14.6 Å². The molecule has 0 aromatic rings. The van der Waals surface area contributed by atoms with Crippen LogP contribution in [0.25, 0.3) is 0 Å². The Bertz CT molecular complexity index is 207. The lowest BCUT2D eigenvalue weighted by Gasteiger charge is -2.33. The highest BCUT2D eigenvalue weighted by Crippen LogP contribution is 2.18. The van der Waals surface area contributed by atoms with E-state index in [0.717, 1.165) is 19.4 Å². The van der Waals surface area contributed by atoms with E-state index in [1.165, 1.54) is 0 Å². The minimum atomic E-state index is -0.218. The number of esters is 1. The summed E-state index contributed by atoms with van der Waals surface area (Å²) in [6, 6.07) is 0.211. The lowest BCUT2D eigenvalue weighted by atomic mass is 10.1. The standard InChI is InChI=1S/C9H15NO3/c11-8-2-1-3-10(5-8)7-4-9(12)13-6-7/h7-8,11H,1-6H2. The number of aliphatic hydroxyl groups is 1. The smallest absolute Gasteiger partial charge is 0.307 e. The van der Waals surface area contributed by atoms with Gasteiger partial charge in [-0.05, 0) is 19.4 Å². The number of β-amino-alcohol motifs (C(OH)–C–C–N with tert-alkyl or cyclic N) is 1. The Morgan fingerprint density at radius 2 is 2.38 bits per heavy atom. The molecule has 0 aliphatic carbocycles. The predicted molar refractivity (Wildman–Crippen MR) is 46.2 cm³/mol. The van der Waals surface area contributed by atoms with Crippen molar-refractivity contribution in [3.8, 4) is 0 Å². The van der Waals surface area contributed by atoms with E-state index >= 15 is 0 Å². The van der Waals surface area contributed by atoms with E-state index in [4.69, 9.17) is 4.74 Å². The van der Waals surface area contributed by atoms with Crippen LogP contribution in [-0.4, -0.2) is 47.8 Å². The molecular weight excluding hydrogens is 170 g/mol. The maximum Gasteiger partial charge on any atom is 0.307 e. The molecule has 0 bridgehead atoms. The summed E-state index contributed by atoms with van der Waals surface area (Å²) in [5.41, 5.74) is 0. The van der Waals surface area contributed by atoms with E-state index in [1.807, 2.05) is 0 Å². The average Bonchev–Trinajstić information content (AvgIpc) is 2.52. The van der Waals surface area contributed by atoms with Crippen LogP contribution in [0.1, 0.15) is 19.3 Å². The number of piperidine rings is 1. The predicted octanol–water partition coefficient (Wildman–Crippen LogP) is -0.241. The summed E-state index contributed by atoms with van der Waals surface area (Å²) in [4.78, 5) is 13.0. The zero-order valence-corrected chi connectivity index (χ0v) is 7.61. The summed E-state index contributed by atoms with van der Waals surface area (Å²) in [7, 11) is 0. The molecule has 2 atom stereocenters. The van der Waals surface area contributed by atoms with Gasteiger partial charge in [-0.1, -0.05) is 0 Å². The first kappa shape index (κ1) is 8.97. The Morgan fingerprint density at radius 1 is 1.54 bits per heavy atom. The van der Waals surface area contributed by atoms with Crippen LogP contribution in [0.2, 0.25) is 0 Å². The van der Waals surface area contributed by atoms with Gasteiger partial charge in [0.2, 0.25) is 0 Å². The first-order valence-electron chi connectivity index (χ1n) is 4.83. The van der Waals surface area contributed by atoms with Gasteiger partial charge < -0.3 is 9.84 Å². The Kier molecular flexibility index (Phi) is 2.51. The second-order valence-corrected chi connectivity index (χ2v) is 3.83. The van der Waals surface area contributed by atoms with Gasteiger partial charge in [0.05, 0.1) is 18.6 Å². The summed E-state index contributed by atoms with van der Waals surface area (Å²) in [5.74, 6) is -0.106. The Hall–Kier alpha value is -0.610. The molecule has 0 amide bonds. The number of cyclic esters (lactones) is 1. The molecule has 13 heavy (non-hydrogen) atoms. The third-order valence-corrected chi connectivity index (χ3v) is 2.78. The van der Waals surface area contributed by atoms with Crippen molar-refractivity contribution in [2.24, 2.45) is 0 Å². The zero-order chi connectivity index (χ0) is 9.26. The van der Waals surface area contributed by atoms with Crippen molar-refractivity contribution in [2.45, 2.75) is 31.4 Å². The van der Waals surface area contributed by atoms with Crippen molar-refractivity contribution in [1.29, 1.82) is 0 Å². The van der Waals surface area contributed by atoms with Crippen molar-refractivity contribution in [2.75, 3.05) is 19.7 Å². The SMILES string of the molecule is O=C1CC(N2CCCC(O)C2)CO1. The fourth-order valence-electron chi connectivity index (χ4n) is 2.05. The minimum absolute atomic E-state index is 0.106. The zero-order valence-electron chi connectivity index (χ0n) is 7.61. The van der Waals surface area contributed by atoms with Crippen LogP contribution < -0.4 is 0 Å². The molecule has 4 heteroatoms. The van der Waals surface area contributed by atoms with Gasteiger partial charge in [0.1, 0.15) is 6.61 Å². The molecule has 0 aromatic heterocycles. The lowest BCUT2D eigenvalue weighted by molar-refractivity contribution is -0.137. The van der Waals surface area contributed by atoms with Crippen molar-refractivity contribution in [1.82, 2.24) is 4.90 Å². The number of carbonyl (C=O) groups is 1. The number of hydrogen-bond acceptors (Lipinski definition) is 4. The molecule has 0 aromatic carbocycles. The molecule has 2 aliphatic heterocycles. The van der Waals surface area contributed by atoms with Crippen LogP contribution in [0.15, 0.2) is 0 Å². The molecule has 2 rings (SSSR count). The molecule has 2 saturated heterocycles. The number of hydrogen-bond donors (Lipinski definition) is 1. The van der Waals surface area contributed by atoms with E-state index in [-0.39, 0.29) is 18.1 Å². The fourth-order valence-corrected chi connectivity index (χ4v) is 2.05. The van der Waals surface area contributed by atoms with Crippen LogP contribution in [0, 0.1) is 0 Å². The molecule has 74 valence electrons. The maximum atomic E-state index is 10.9. The normalized spacial score (nSPS) is 36.2. The number of carbonyl (C=O) groups excluding carboxylic acids is 1. The van der Waals surface area contributed by atoms with E-state index < -0.39 is 0 Å². The highest BCUT2D eigenvalue weighted by molar-refractivity contribution is 5.72. The van der Waals surface area contributed by atoms with Crippen molar-refractivity contribution in [3.05, 3.63) is 0 Å². The molecular formula is C9H15NO3. The van der Waals surface area contributed by atoms with Crippen molar-refractivity contribution in [3.63, 3.8) is 0 Å². The summed E-state index contributed by atoms with van der Waals surface area (Å²) in [5, 5.41) is 9.44. The van der Waals surface area contributed by atoms with Gasteiger partial charge in [0.15, 0.2) is 0 Å². The van der Waals surface area contributed by atoms with Gasteiger partial charge in [-0.25, -0.2) is 0 Å². The van der Waals surface area contributed by atoms with Gasteiger partial charge in [-0.15, -0.1) is 0 Å². The molecule has 1 N–H and O–H groups in total. The summed E-state index contributed by atoms with van der Waals surface area (Å²) >= 11 is 0. The third kappa shape index (κ3) is 2.00. The quantitative estimate of drug-likeness (QED) is 0.573. The summed E-state index contributed by atoms with van der Waals surface area (Å²) in [6.45, 7) is 2.19. The van der Waals surface area contributed by atoms with Crippen LogP contribution in [0.3, 0.4) is 0 Å². The van der Waals surface area contributed by atoms with E-state index in [9.17, 15) is 9.90 Å². The number of aliphatic hydroxyl groups excluding tert-OH is 1. The molecule has 2 unspecified atom stereocenters. The molecule has 2 aliphatic rings. The van der Waals surface area contributed by atoms with Crippen LogP contribution in [0.4, 0.5) is 0 Å². The monoisotopic (exact) mass is 185 g/mol. The van der Waals surface area contributed by atoms with E-state index in [0.29, 0.717) is 19.6 Å². The Morgan fingerprint density at radius 3 is 3.00 bits per heavy atom. The molecule has 0 saturated carbocycles. The summed E-state index contributed by atoms with van der Waals surface area (Å²) in [6.07, 6.45) is 2.18. The Labute approximate surface area is 77.5 Å². The highest BCUT2D eigenvalue weighted by atomic mass is 16.5. The fraction of sp³-hybridized carbons (Fsp3) is 0.889. The van der Waals surface area contributed by atoms with Gasteiger partial charge in [-0.2, -0.15) is 0 Å². The first-order valence-corrected chi connectivity index (χ1v) is 4.83. The number of rotatable bonds is 1. The second kappa shape index (κ2) is 3.64. The highest BCUT2D eigenvalue weighted by Gasteiger charge is 2.31. The largest absolute Gasteiger partial charge is 0.464 e. The second-order valence-electron chi connectivity index (χ2n) is 3.83. The molecule has 2 fully saturated rings.